The van der Waals surface area contributed by atoms with E-state index in [1.54, 1.807) is 20.8 Å². The molecular weight excluding hydrogens is 496 g/mol. The van der Waals surface area contributed by atoms with Crippen LogP contribution in [0.1, 0.15) is 83.6 Å². The number of carbonyl (C=O) groups excluding carboxylic acids is 4. The molecule has 1 aliphatic heterocycles. The fraction of sp³-hybridized carbons (Fsp3) is 0.667. The maximum atomic E-state index is 13.2. The fourth-order valence-electron chi connectivity index (χ4n) is 4.22. The third kappa shape index (κ3) is 8.88. The van der Waals surface area contributed by atoms with E-state index in [1.165, 1.54) is 26.3 Å². The van der Waals surface area contributed by atoms with Gasteiger partial charge in [0.2, 0.25) is 6.79 Å². The molecule has 2 heterocycles. The molecule has 1 aliphatic rings. The summed E-state index contributed by atoms with van der Waals surface area (Å²) in [5.41, 5.74) is -0.137. The zero-order valence-corrected chi connectivity index (χ0v) is 23.1. The van der Waals surface area contributed by atoms with E-state index in [0.717, 1.165) is 19.3 Å². The van der Waals surface area contributed by atoms with Crippen LogP contribution >= 0.6 is 0 Å². The average molecular weight is 537 g/mol. The number of esters is 3. The first kappa shape index (κ1) is 30.9. The number of amides is 1. The average Bonchev–Trinajstić information content (AvgIpc) is 2.91. The van der Waals surface area contributed by atoms with Crippen molar-refractivity contribution in [3.8, 4) is 11.5 Å². The molecule has 1 amide bonds. The van der Waals surface area contributed by atoms with Gasteiger partial charge in [0, 0.05) is 25.1 Å². The zero-order valence-electron chi connectivity index (χ0n) is 23.1. The Morgan fingerprint density at radius 3 is 2.61 bits per heavy atom. The van der Waals surface area contributed by atoms with Gasteiger partial charge >= 0.3 is 17.9 Å². The van der Waals surface area contributed by atoms with Crippen LogP contribution in [0.5, 0.6) is 11.5 Å². The molecule has 1 saturated heterocycles. The summed E-state index contributed by atoms with van der Waals surface area (Å²) in [4.78, 5) is 53.9. The van der Waals surface area contributed by atoms with Gasteiger partial charge in [-0.05, 0) is 32.6 Å². The molecule has 0 aliphatic carbocycles. The van der Waals surface area contributed by atoms with Crippen molar-refractivity contribution in [3.05, 3.63) is 18.0 Å². The third-order valence-electron chi connectivity index (χ3n) is 6.35. The van der Waals surface area contributed by atoms with Gasteiger partial charge in [0.1, 0.15) is 18.2 Å². The second kappa shape index (κ2) is 15.1. The number of nitrogens with zero attached hydrogens (tertiary/aromatic N) is 1. The maximum absolute atomic E-state index is 13.2. The minimum atomic E-state index is -0.953. The van der Waals surface area contributed by atoms with Crippen molar-refractivity contribution in [2.75, 3.05) is 13.9 Å². The topological polar surface area (TPSA) is 139 Å². The minimum Gasteiger partial charge on any atom is -0.493 e. The molecule has 0 radical (unpaired) electrons. The fourth-order valence-corrected chi connectivity index (χ4v) is 4.22. The molecule has 11 nitrogen and oxygen atoms in total. The lowest BCUT2D eigenvalue weighted by atomic mass is 9.88. The van der Waals surface area contributed by atoms with E-state index in [-0.39, 0.29) is 41.4 Å². The predicted octanol–water partition coefficient (Wildman–Crippen LogP) is 3.58. The number of carbonyl (C=O) groups is 4. The van der Waals surface area contributed by atoms with E-state index in [9.17, 15) is 19.2 Å². The highest BCUT2D eigenvalue weighted by molar-refractivity contribution is 5.98. The Hall–Kier alpha value is -3.37. The summed E-state index contributed by atoms with van der Waals surface area (Å²) >= 11 is 0. The normalized spacial score (nSPS) is 21.8. The first-order chi connectivity index (χ1) is 18.1. The molecule has 2 rings (SSSR count). The molecule has 0 bridgehead atoms. The number of hydrogen-bond acceptors (Lipinski definition) is 10. The van der Waals surface area contributed by atoms with Gasteiger partial charge in [0.05, 0.1) is 13.0 Å². The monoisotopic (exact) mass is 536 g/mol. The first-order valence-electron chi connectivity index (χ1n) is 13.1. The Morgan fingerprint density at radius 1 is 1.24 bits per heavy atom. The Bertz CT molecular complexity index is 966. The van der Waals surface area contributed by atoms with Crippen molar-refractivity contribution in [2.24, 2.45) is 11.8 Å². The van der Waals surface area contributed by atoms with E-state index in [2.05, 4.69) is 17.2 Å². The second-order valence-corrected chi connectivity index (χ2v) is 9.62. The van der Waals surface area contributed by atoms with Crippen LogP contribution in [-0.2, 0) is 28.6 Å². The lowest BCUT2D eigenvalue weighted by Gasteiger charge is -2.31. The number of rotatable bonds is 11. The van der Waals surface area contributed by atoms with Gasteiger partial charge in [-0.25, -0.2) is 9.78 Å². The molecule has 38 heavy (non-hydrogen) atoms. The Balaban J connectivity index is 2.23. The molecular formula is C27H40N2O9. The summed E-state index contributed by atoms with van der Waals surface area (Å²) in [7, 11) is 1.39. The molecule has 0 saturated carbocycles. The van der Waals surface area contributed by atoms with E-state index in [4.69, 9.17) is 23.7 Å². The number of aromatic nitrogens is 1. The van der Waals surface area contributed by atoms with Crippen molar-refractivity contribution < 1.29 is 42.9 Å². The Morgan fingerprint density at radius 2 is 1.97 bits per heavy atom. The molecule has 212 valence electrons. The van der Waals surface area contributed by atoms with Crippen LogP contribution in [0.3, 0.4) is 0 Å². The van der Waals surface area contributed by atoms with Crippen LogP contribution in [0.15, 0.2) is 12.3 Å². The van der Waals surface area contributed by atoms with Crippen molar-refractivity contribution in [2.45, 2.75) is 91.4 Å². The number of nitrogens with one attached hydrogen (secondary N) is 1. The van der Waals surface area contributed by atoms with Crippen LogP contribution in [0.2, 0.25) is 0 Å². The molecule has 1 aromatic heterocycles. The summed E-state index contributed by atoms with van der Waals surface area (Å²) in [6.45, 7) is 8.21. The summed E-state index contributed by atoms with van der Waals surface area (Å²) in [5.74, 6) is -2.35. The molecule has 11 heteroatoms. The number of methoxy groups -OCH3 is 1. The van der Waals surface area contributed by atoms with Crippen molar-refractivity contribution >= 4 is 23.8 Å². The smallest absolute Gasteiger partial charge is 0.328 e. The second-order valence-electron chi connectivity index (χ2n) is 9.62. The lowest BCUT2D eigenvalue weighted by molar-refractivity contribution is -0.164. The molecule has 1 aromatic rings. The molecule has 1 N–H and O–H groups in total. The van der Waals surface area contributed by atoms with Gasteiger partial charge in [0.25, 0.3) is 5.91 Å². The van der Waals surface area contributed by atoms with Crippen molar-refractivity contribution in [1.82, 2.24) is 10.3 Å². The first-order valence-corrected chi connectivity index (χ1v) is 13.1. The van der Waals surface area contributed by atoms with Crippen molar-refractivity contribution in [3.63, 3.8) is 0 Å². The summed E-state index contributed by atoms with van der Waals surface area (Å²) in [5, 5.41) is 2.70. The summed E-state index contributed by atoms with van der Waals surface area (Å²) < 4.78 is 27.2. The lowest BCUT2D eigenvalue weighted by Crippen LogP contribution is -2.44. The summed E-state index contributed by atoms with van der Waals surface area (Å²) in [6, 6.07) is 0.538. The summed E-state index contributed by atoms with van der Waals surface area (Å²) in [6.07, 6.45) is 4.39. The standard InChI is InChI=1S/C27H40N2O9/c1-7-8-10-19-17(4)37-27(33)20(11-9-12-21(19)38-26(32)16(2)3)29-25(31)23-24(36-15-35-18(5)30)22(34-6)13-14-28-23/h13-14,16-17,19-21H,7-12,15H2,1-6H3,(H,29,31). The van der Waals surface area contributed by atoms with Crippen LogP contribution in [0.25, 0.3) is 0 Å². The van der Waals surface area contributed by atoms with Gasteiger partial charge in [-0.1, -0.05) is 33.6 Å². The predicted molar refractivity (Wildman–Crippen MR) is 136 cm³/mol. The highest BCUT2D eigenvalue weighted by atomic mass is 16.7. The maximum Gasteiger partial charge on any atom is 0.328 e. The Labute approximate surface area is 223 Å². The zero-order chi connectivity index (χ0) is 28.2. The van der Waals surface area contributed by atoms with E-state index >= 15 is 0 Å². The molecule has 0 aromatic carbocycles. The van der Waals surface area contributed by atoms with Gasteiger partial charge in [0.15, 0.2) is 17.2 Å². The number of ether oxygens (including phenoxy) is 5. The van der Waals surface area contributed by atoms with Crippen LogP contribution < -0.4 is 14.8 Å². The molecule has 4 atom stereocenters. The van der Waals surface area contributed by atoms with Gasteiger partial charge in [-0.2, -0.15) is 0 Å². The quantitative estimate of drug-likeness (QED) is 0.254. The number of pyridine rings is 1. The number of unbranched alkanes of at least 4 members (excludes halogenated alkanes) is 1. The number of cyclic esters (lactones) is 1. The van der Waals surface area contributed by atoms with Crippen LogP contribution in [-0.4, -0.2) is 61.0 Å². The van der Waals surface area contributed by atoms with Gasteiger partial charge in [-0.15, -0.1) is 0 Å². The van der Waals surface area contributed by atoms with Crippen molar-refractivity contribution in [1.29, 1.82) is 0 Å². The SMILES string of the molecule is CCCCC1C(C)OC(=O)C(NC(=O)c2nccc(OC)c2OCOC(C)=O)CCCC1OC(=O)C(C)C. The minimum absolute atomic E-state index is 0.0288. The van der Waals surface area contributed by atoms with Gasteiger partial charge < -0.3 is 29.0 Å². The molecule has 0 spiro atoms. The van der Waals surface area contributed by atoms with Crippen LogP contribution in [0, 0.1) is 11.8 Å². The van der Waals surface area contributed by atoms with E-state index in [0.29, 0.717) is 12.8 Å². The van der Waals surface area contributed by atoms with E-state index < -0.39 is 42.9 Å². The highest BCUT2D eigenvalue weighted by Crippen LogP contribution is 2.31. The molecule has 4 unspecified atom stereocenters. The van der Waals surface area contributed by atoms with E-state index in [1.807, 2.05) is 0 Å². The molecule has 1 fully saturated rings. The Kier molecular flexibility index (Phi) is 12.3. The third-order valence-corrected chi connectivity index (χ3v) is 6.35. The largest absolute Gasteiger partial charge is 0.493 e. The van der Waals surface area contributed by atoms with Crippen LogP contribution in [0.4, 0.5) is 0 Å². The highest BCUT2D eigenvalue weighted by Gasteiger charge is 2.36. The number of hydrogen-bond donors (Lipinski definition) is 1. The van der Waals surface area contributed by atoms with Gasteiger partial charge in [-0.3, -0.25) is 14.4 Å².